The van der Waals surface area contributed by atoms with Gasteiger partial charge < -0.3 is 4.74 Å². The van der Waals surface area contributed by atoms with E-state index in [4.69, 9.17) is 4.74 Å². The van der Waals surface area contributed by atoms with Crippen molar-refractivity contribution in [3.05, 3.63) is 57.4 Å². The highest BCUT2D eigenvalue weighted by Crippen LogP contribution is 2.29. The average Bonchev–Trinajstić information content (AvgIpc) is 2.45. The van der Waals surface area contributed by atoms with E-state index in [1.807, 2.05) is 6.92 Å². The SMILES string of the molecule is Cc1cc(-c2cccc([N+](=O)[O-])c2)c(C(=O)OC(C)C)c(C)n1. The van der Waals surface area contributed by atoms with Gasteiger partial charge in [0.25, 0.3) is 5.69 Å². The summed E-state index contributed by atoms with van der Waals surface area (Å²) in [5.41, 5.74) is 2.75. The Labute approximate surface area is 134 Å². The molecule has 0 amide bonds. The van der Waals surface area contributed by atoms with Crippen molar-refractivity contribution in [2.45, 2.75) is 33.8 Å². The summed E-state index contributed by atoms with van der Waals surface area (Å²) in [4.78, 5) is 27.2. The van der Waals surface area contributed by atoms with Crippen LogP contribution in [-0.4, -0.2) is 22.0 Å². The van der Waals surface area contributed by atoms with Crippen molar-refractivity contribution < 1.29 is 14.5 Å². The summed E-state index contributed by atoms with van der Waals surface area (Å²) in [5, 5.41) is 11.0. The summed E-state index contributed by atoms with van der Waals surface area (Å²) in [6.07, 6.45) is -0.263. The molecule has 0 bridgehead atoms. The Morgan fingerprint density at radius 2 is 1.96 bits per heavy atom. The van der Waals surface area contributed by atoms with Gasteiger partial charge in [-0.3, -0.25) is 15.1 Å². The molecule has 2 rings (SSSR count). The van der Waals surface area contributed by atoms with Crippen molar-refractivity contribution >= 4 is 11.7 Å². The van der Waals surface area contributed by atoms with Crippen LogP contribution in [0.1, 0.15) is 35.6 Å². The number of non-ortho nitro benzene ring substituents is 1. The van der Waals surface area contributed by atoms with Crippen LogP contribution in [0.5, 0.6) is 0 Å². The van der Waals surface area contributed by atoms with Gasteiger partial charge in [-0.1, -0.05) is 12.1 Å². The molecule has 2 aromatic rings. The van der Waals surface area contributed by atoms with E-state index in [0.29, 0.717) is 22.4 Å². The number of carbonyl (C=O) groups is 1. The fourth-order valence-electron chi connectivity index (χ4n) is 2.37. The number of ether oxygens (including phenoxy) is 1. The Morgan fingerprint density at radius 1 is 1.26 bits per heavy atom. The van der Waals surface area contributed by atoms with Gasteiger partial charge in [-0.15, -0.1) is 0 Å². The van der Waals surface area contributed by atoms with Crippen LogP contribution >= 0.6 is 0 Å². The number of rotatable bonds is 4. The number of aromatic nitrogens is 1. The summed E-state index contributed by atoms with van der Waals surface area (Å²) in [6.45, 7) is 7.07. The van der Waals surface area contributed by atoms with Crippen LogP contribution in [0, 0.1) is 24.0 Å². The third-order valence-corrected chi connectivity index (χ3v) is 3.24. The maximum atomic E-state index is 12.4. The molecule has 0 atom stereocenters. The first-order valence-electron chi connectivity index (χ1n) is 7.23. The fraction of sp³-hybridized carbons (Fsp3) is 0.294. The fourth-order valence-corrected chi connectivity index (χ4v) is 2.37. The number of hydrogen-bond acceptors (Lipinski definition) is 5. The standard InChI is InChI=1S/C17H18N2O4/c1-10(2)23-17(20)16-12(4)18-11(3)8-15(16)13-6-5-7-14(9-13)19(21)22/h5-10H,1-4H3. The lowest BCUT2D eigenvalue weighted by Crippen LogP contribution is -2.15. The highest BCUT2D eigenvalue weighted by atomic mass is 16.6. The molecule has 0 aliphatic heterocycles. The Hall–Kier alpha value is -2.76. The van der Waals surface area contributed by atoms with Gasteiger partial charge in [-0.25, -0.2) is 4.79 Å². The third kappa shape index (κ3) is 3.71. The second-order valence-electron chi connectivity index (χ2n) is 5.53. The molecule has 23 heavy (non-hydrogen) atoms. The lowest BCUT2D eigenvalue weighted by Gasteiger charge is -2.14. The zero-order valence-corrected chi connectivity index (χ0v) is 13.5. The van der Waals surface area contributed by atoms with Gasteiger partial charge in [0.1, 0.15) is 0 Å². The predicted octanol–water partition coefficient (Wildman–Crippen LogP) is 3.84. The molecule has 0 spiro atoms. The van der Waals surface area contributed by atoms with Crippen molar-refractivity contribution in [2.24, 2.45) is 0 Å². The monoisotopic (exact) mass is 314 g/mol. The van der Waals surface area contributed by atoms with Crippen LogP contribution in [0.4, 0.5) is 5.69 Å². The van der Waals surface area contributed by atoms with Gasteiger partial charge in [-0.2, -0.15) is 0 Å². The number of hydrogen-bond donors (Lipinski definition) is 0. The first-order chi connectivity index (χ1) is 10.8. The smallest absolute Gasteiger partial charge is 0.340 e. The van der Waals surface area contributed by atoms with E-state index >= 15 is 0 Å². The number of nitro groups is 1. The summed E-state index contributed by atoms with van der Waals surface area (Å²) >= 11 is 0. The molecule has 0 aliphatic rings. The molecular formula is C17H18N2O4. The molecule has 1 aromatic heterocycles. The number of esters is 1. The Bertz CT molecular complexity index is 769. The highest BCUT2D eigenvalue weighted by molar-refractivity contribution is 5.98. The van der Waals surface area contributed by atoms with Crippen LogP contribution in [0.2, 0.25) is 0 Å². The number of pyridine rings is 1. The van der Waals surface area contributed by atoms with Crippen molar-refractivity contribution in [3.8, 4) is 11.1 Å². The van der Waals surface area contributed by atoms with E-state index in [0.717, 1.165) is 5.69 Å². The lowest BCUT2D eigenvalue weighted by molar-refractivity contribution is -0.384. The molecule has 0 N–H and O–H groups in total. The Morgan fingerprint density at radius 3 is 2.57 bits per heavy atom. The molecule has 6 nitrogen and oxygen atoms in total. The van der Waals surface area contributed by atoms with E-state index in [-0.39, 0.29) is 11.8 Å². The van der Waals surface area contributed by atoms with Crippen LogP contribution < -0.4 is 0 Å². The van der Waals surface area contributed by atoms with Crippen molar-refractivity contribution in [1.82, 2.24) is 4.98 Å². The molecular weight excluding hydrogens is 296 g/mol. The van der Waals surface area contributed by atoms with Crippen LogP contribution in [0.3, 0.4) is 0 Å². The Balaban J connectivity index is 2.63. The lowest BCUT2D eigenvalue weighted by atomic mass is 9.98. The first kappa shape index (κ1) is 16.6. The van der Waals surface area contributed by atoms with Gasteiger partial charge in [0.05, 0.1) is 22.3 Å². The maximum absolute atomic E-state index is 12.4. The minimum atomic E-state index is -0.480. The predicted molar refractivity (Wildman–Crippen MR) is 86.4 cm³/mol. The van der Waals surface area contributed by atoms with Crippen LogP contribution in [0.25, 0.3) is 11.1 Å². The minimum Gasteiger partial charge on any atom is -0.459 e. The van der Waals surface area contributed by atoms with Crippen molar-refractivity contribution in [2.75, 3.05) is 0 Å². The summed E-state index contributed by atoms with van der Waals surface area (Å²) in [5.74, 6) is -0.480. The summed E-state index contributed by atoms with van der Waals surface area (Å²) in [7, 11) is 0. The molecule has 120 valence electrons. The molecule has 0 unspecified atom stereocenters. The van der Waals surface area contributed by atoms with Gasteiger partial charge in [0.2, 0.25) is 0 Å². The van der Waals surface area contributed by atoms with Gasteiger partial charge in [0.15, 0.2) is 0 Å². The highest BCUT2D eigenvalue weighted by Gasteiger charge is 2.21. The number of benzene rings is 1. The number of aryl methyl sites for hydroxylation is 2. The topological polar surface area (TPSA) is 82.3 Å². The minimum absolute atomic E-state index is 0.0298. The van der Waals surface area contributed by atoms with Gasteiger partial charge in [-0.05, 0) is 39.3 Å². The van der Waals surface area contributed by atoms with E-state index in [2.05, 4.69) is 4.98 Å². The first-order valence-corrected chi connectivity index (χ1v) is 7.23. The van der Waals surface area contributed by atoms with Crippen molar-refractivity contribution in [3.63, 3.8) is 0 Å². The molecule has 0 fully saturated rings. The zero-order chi connectivity index (χ0) is 17.1. The van der Waals surface area contributed by atoms with Gasteiger partial charge in [0, 0.05) is 23.4 Å². The molecule has 0 saturated carbocycles. The Kier molecular flexibility index (Phi) is 4.74. The summed E-state index contributed by atoms with van der Waals surface area (Å²) < 4.78 is 5.28. The number of nitro benzene ring substituents is 1. The molecule has 0 aliphatic carbocycles. The average molecular weight is 314 g/mol. The van der Waals surface area contributed by atoms with E-state index < -0.39 is 10.9 Å². The largest absolute Gasteiger partial charge is 0.459 e. The molecule has 1 aromatic carbocycles. The molecule has 0 saturated heterocycles. The van der Waals surface area contributed by atoms with Crippen LogP contribution in [-0.2, 0) is 4.74 Å². The second-order valence-corrected chi connectivity index (χ2v) is 5.53. The van der Waals surface area contributed by atoms with Crippen molar-refractivity contribution in [1.29, 1.82) is 0 Å². The van der Waals surface area contributed by atoms with Gasteiger partial charge >= 0.3 is 5.97 Å². The molecule has 0 radical (unpaired) electrons. The quantitative estimate of drug-likeness (QED) is 0.486. The number of carbonyl (C=O) groups excluding carboxylic acids is 1. The normalized spacial score (nSPS) is 10.7. The van der Waals surface area contributed by atoms with Crippen LogP contribution in [0.15, 0.2) is 30.3 Å². The zero-order valence-electron chi connectivity index (χ0n) is 13.5. The third-order valence-electron chi connectivity index (χ3n) is 3.24. The van der Waals surface area contributed by atoms with E-state index in [9.17, 15) is 14.9 Å². The van der Waals surface area contributed by atoms with E-state index in [1.165, 1.54) is 12.1 Å². The second kappa shape index (κ2) is 6.56. The summed E-state index contributed by atoms with van der Waals surface area (Å²) in [6, 6.07) is 7.92. The maximum Gasteiger partial charge on any atom is 0.340 e. The van der Waals surface area contributed by atoms with E-state index in [1.54, 1.807) is 39.0 Å². The number of nitrogens with zero attached hydrogens (tertiary/aromatic N) is 2. The molecule has 1 heterocycles. The molecule has 6 heteroatoms.